The summed E-state index contributed by atoms with van der Waals surface area (Å²) in [5.74, 6) is 0.983. The zero-order valence-electron chi connectivity index (χ0n) is 14.5. The molecule has 124 valence electrons. The van der Waals surface area contributed by atoms with Crippen LogP contribution in [0.5, 0.6) is 5.75 Å². The van der Waals surface area contributed by atoms with Crippen molar-refractivity contribution in [1.82, 2.24) is 9.78 Å². The van der Waals surface area contributed by atoms with E-state index in [0.29, 0.717) is 6.04 Å². The van der Waals surface area contributed by atoms with Crippen LogP contribution in [0, 0.1) is 20.8 Å². The van der Waals surface area contributed by atoms with Gasteiger partial charge in [0.25, 0.3) is 0 Å². The minimum atomic E-state index is 0. The Kier molecular flexibility index (Phi) is 6.43. The molecule has 0 bridgehead atoms. The van der Waals surface area contributed by atoms with Gasteiger partial charge in [0, 0.05) is 44.4 Å². The maximum Gasteiger partial charge on any atom is 0.130 e. The average Bonchev–Trinajstić information content (AvgIpc) is 2.85. The largest absolute Gasteiger partial charge is 0.490 e. The first-order valence-electron chi connectivity index (χ1n) is 7.63. The molecule has 0 N–H and O–H groups in total. The van der Waals surface area contributed by atoms with Crippen molar-refractivity contribution in [2.24, 2.45) is 0 Å². The van der Waals surface area contributed by atoms with Gasteiger partial charge in [0.1, 0.15) is 5.75 Å². The van der Waals surface area contributed by atoms with E-state index in [2.05, 4.69) is 65.8 Å². The van der Waals surface area contributed by atoms with Crippen molar-refractivity contribution >= 4 is 0 Å². The third kappa shape index (κ3) is 3.81. The summed E-state index contributed by atoms with van der Waals surface area (Å²) < 4.78 is 8.09. The molecule has 0 unspecified atom stereocenters. The molecule has 2 rings (SSSR count). The Bertz CT molecular complexity index is 645. The fourth-order valence-corrected chi connectivity index (χ4v) is 2.55. The van der Waals surface area contributed by atoms with E-state index >= 15 is 0 Å². The van der Waals surface area contributed by atoms with Gasteiger partial charge in [0.2, 0.25) is 0 Å². The molecule has 0 atom stereocenters. The zero-order valence-corrected chi connectivity index (χ0v) is 16.8. The molecule has 0 aliphatic carbocycles. The van der Waals surface area contributed by atoms with Gasteiger partial charge in [-0.05, 0) is 65.2 Å². The number of aryl methyl sites for hydroxylation is 2. The van der Waals surface area contributed by atoms with Gasteiger partial charge in [-0.25, -0.2) is 0 Å². The summed E-state index contributed by atoms with van der Waals surface area (Å²) in [6, 6.07) is 2.56. The maximum atomic E-state index is 6.10. The fourth-order valence-electron chi connectivity index (χ4n) is 2.55. The topological polar surface area (TPSA) is 27.1 Å². The molecule has 0 radical (unpaired) electrons. The molecule has 4 heteroatoms. The van der Waals surface area contributed by atoms with Crippen LogP contribution < -0.4 is 4.74 Å². The number of rotatable bonds is 4. The van der Waals surface area contributed by atoms with Crippen LogP contribution in [0.15, 0.2) is 18.5 Å². The zero-order chi connectivity index (χ0) is 15.7. The first-order chi connectivity index (χ1) is 9.81. The van der Waals surface area contributed by atoms with E-state index < -0.39 is 0 Å². The Morgan fingerprint density at radius 3 is 2.18 bits per heavy atom. The molecule has 0 amide bonds. The van der Waals surface area contributed by atoms with Gasteiger partial charge in [-0.1, -0.05) is 6.07 Å². The van der Waals surface area contributed by atoms with Gasteiger partial charge >= 0.3 is 0 Å². The third-order valence-electron chi connectivity index (χ3n) is 3.76. The molecule has 0 saturated carbocycles. The van der Waals surface area contributed by atoms with Crippen LogP contribution in [0.1, 0.15) is 50.4 Å². The van der Waals surface area contributed by atoms with E-state index in [-0.39, 0.29) is 27.2 Å². The van der Waals surface area contributed by atoms with Gasteiger partial charge in [0.05, 0.1) is 12.3 Å². The van der Waals surface area contributed by atoms with Crippen LogP contribution in [0.25, 0.3) is 11.1 Å². The van der Waals surface area contributed by atoms with Crippen LogP contribution in [-0.2, 0) is 21.1 Å². The molecule has 2 aromatic rings. The second kappa shape index (κ2) is 7.46. The fraction of sp³-hybridized carbons (Fsp3) is 0.500. The summed E-state index contributed by atoms with van der Waals surface area (Å²) in [7, 11) is 0. The molecule has 1 aromatic heterocycles. The molecule has 22 heavy (non-hydrogen) atoms. The number of hydrogen-bond acceptors (Lipinski definition) is 2. The van der Waals surface area contributed by atoms with E-state index in [0.717, 1.165) is 11.3 Å². The van der Waals surface area contributed by atoms with Crippen molar-refractivity contribution in [1.29, 1.82) is 0 Å². The predicted octanol–water partition coefficient (Wildman–Crippen LogP) is 4.84. The SMILES string of the molecule is Cc1cc(C)c(OC(C)C)c(-c2cnn(C(C)C)c2)c1C.[Pt]. The summed E-state index contributed by atoms with van der Waals surface area (Å²) in [4.78, 5) is 0. The van der Waals surface area contributed by atoms with Crippen molar-refractivity contribution in [3.8, 4) is 16.9 Å². The average molecular weight is 481 g/mol. The minimum absolute atomic E-state index is 0. The molecule has 0 aliphatic heterocycles. The number of benzene rings is 1. The minimum Gasteiger partial charge on any atom is -0.490 e. The van der Waals surface area contributed by atoms with Crippen molar-refractivity contribution in [3.05, 3.63) is 35.2 Å². The molecule has 3 nitrogen and oxygen atoms in total. The molecular formula is C18H26N2OPt. The van der Waals surface area contributed by atoms with E-state index in [1.165, 1.54) is 22.3 Å². The number of ether oxygens (including phenoxy) is 1. The summed E-state index contributed by atoms with van der Waals surface area (Å²) in [6.45, 7) is 14.8. The van der Waals surface area contributed by atoms with Crippen LogP contribution in [0.4, 0.5) is 0 Å². The normalized spacial score (nSPS) is 11.0. The van der Waals surface area contributed by atoms with Gasteiger partial charge in [-0.2, -0.15) is 5.10 Å². The quantitative estimate of drug-likeness (QED) is 0.625. The molecule has 0 aliphatic rings. The summed E-state index contributed by atoms with van der Waals surface area (Å²) in [5, 5.41) is 4.47. The van der Waals surface area contributed by atoms with Crippen molar-refractivity contribution in [3.63, 3.8) is 0 Å². The van der Waals surface area contributed by atoms with Crippen molar-refractivity contribution in [2.45, 2.75) is 60.6 Å². The monoisotopic (exact) mass is 481 g/mol. The summed E-state index contributed by atoms with van der Waals surface area (Å²) >= 11 is 0. The van der Waals surface area contributed by atoms with Gasteiger partial charge in [-0.3, -0.25) is 4.68 Å². The molecule has 0 fully saturated rings. The first-order valence-corrected chi connectivity index (χ1v) is 7.63. The van der Waals surface area contributed by atoms with E-state index in [4.69, 9.17) is 4.74 Å². The standard InChI is InChI=1S/C18H26N2O.Pt/c1-11(2)20-10-16(9-19-20)17-15(7)13(5)8-14(6)18(17)21-12(3)4;/h8-12H,1-7H3;. The summed E-state index contributed by atoms with van der Waals surface area (Å²) in [6.07, 6.45) is 4.21. The van der Waals surface area contributed by atoms with E-state index in [9.17, 15) is 0 Å². The van der Waals surface area contributed by atoms with E-state index in [1.807, 2.05) is 10.9 Å². The third-order valence-corrected chi connectivity index (χ3v) is 3.76. The van der Waals surface area contributed by atoms with Gasteiger partial charge in [-0.15, -0.1) is 0 Å². The molecule has 1 heterocycles. The van der Waals surface area contributed by atoms with Crippen LogP contribution in [0.3, 0.4) is 0 Å². The number of nitrogens with zero attached hydrogens (tertiary/aromatic N) is 2. The Balaban J connectivity index is 0.00000242. The van der Waals surface area contributed by atoms with E-state index in [1.54, 1.807) is 0 Å². The Hall–Kier alpha value is -1.08. The first kappa shape index (κ1) is 19.0. The van der Waals surface area contributed by atoms with Crippen LogP contribution in [0.2, 0.25) is 0 Å². The Labute approximate surface area is 148 Å². The van der Waals surface area contributed by atoms with Crippen molar-refractivity contribution < 1.29 is 25.8 Å². The molecular weight excluding hydrogens is 455 g/mol. The smallest absolute Gasteiger partial charge is 0.130 e. The molecule has 1 aromatic carbocycles. The molecule has 0 saturated heterocycles. The second-order valence-electron chi connectivity index (χ2n) is 6.31. The Morgan fingerprint density at radius 2 is 1.68 bits per heavy atom. The van der Waals surface area contributed by atoms with Gasteiger partial charge in [0.15, 0.2) is 0 Å². The second-order valence-corrected chi connectivity index (χ2v) is 6.31. The van der Waals surface area contributed by atoms with Crippen LogP contribution in [-0.4, -0.2) is 15.9 Å². The number of aromatic nitrogens is 2. The van der Waals surface area contributed by atoms with Gasteiger partial charge < -0.3 is 4.74 Å². The predicted molar refractivity (Wildman–Crippen MR) is 88.0 cm³/mol. The number of hydrogen-bond donors (Lipinski definition) is 0. The maximum absolute atomic E-state index is 6.10. The summed E-state index contributed by atoms with van der Waals surface area (Å²) in [5.41, 5.74) is 6.03. The van der Waals surface area contributed by atoms with Crippen molar-refractivity contribution in [2.75, 3.05) is 0 Å². The van der Waals surface area contributed by atoms with Crippen LogP contribution >= 0.6 is 0 Å². The Morgan fingerprint density at radius 1 is 1.05 bits per heavy atom. The molecule has 0 spiro atoms.